The molecule has 0 aromatic carbocycles. The normalized spacial score (nSPS) is 23.1. The number of nitrogens with one attached hydrogen (secondary N) is 1. The number of likely N-dealkylation sites (tertiary alicyclic amines) is 2. The second-order valence-corrected chi connectivity index (χ2v) is 7.92. The first kappa shape index (κ1) is 18.3. The van der Waals surface area contributed by atoms with Gasteiger partial charge in [-0.05, 0) is 44.9 Å². The molecule has 1 aromatic rings. The zero-order valence-corrected chi connectivity index (χ0v) is 15.9. The van der Waals surface area contributed by atoms with Crippen LogP contribution in [0.2, 0.25) is 0 Å². The maximum absolute atomic E-state index is 12.7. The van der Waals surface area contributed by atoms with E-state index < -0.39 is 0 Å². The van der Waals surface area contributed by atoms with Gasteiger partial charge < -0.3 is 19.6 Å². The van der Waals surface area contributed by atoms with E-state index in [-0.39, 0.29) is 18.0 Å². The van der Waals surface area contributed by atoms with Gasteiger partial charge in [-0.3, -0.25) is 4.79 Å². The predicted octanol–water partition coefficient (Wildman–Crippen LogP) is 2.07. The first-order chi connectivity index (χ1) is 13.2. The van der Waals surface area contributed by atoms with Gasteiger partial charge in [0.05, 0.1) is 0 Å². The Labute approximate surface area is 159 Å². The minimum atomic E-state index is -0.0191. The maximum Gasteiger partial charge on any atom is 0.317 e. The van der Waals surface area contributed by atoms with Crippen LogP contribution in [0.4, 0.5) is 4.79 Å². The molecular weight excluding hydrogens is 346 g/mol. The van der Waals surface area contributed by atoms with E-state index in [4.69, 9.17) is 4.52 Å². The lowest BCUT2D eigenvalue weighted by Crippen LogP contribution is -2.50. The lowest BCUT2D eigenvalue weighted by atomic mass is 9.99. The predicted molar refractivity (Wildman–Crippen MR) is 98.2 cm³/mol. The fourth-order valence-electron chi connectivity index (χ4n) is 4.07. The molecule has 8 heteroatoms. The summed E-state index contributed by atoms with van der Waals surface area (Å²) < 4.78 is 5.26. The Kier molecular flexibility index (Phi) is 5.59. The van der Waals surface area contributed by atoms with E-state index in [1.54, 1.807) is 0 Å². The molecule has 0 bridgehead atoms. The number of carbonyl (C=O) groups is 2. The van der Waals surface area contributed by atoms with E-state index in [9.17, 15) is 9.59 Å². The van der Waals surface area contributed by atoms with Gasteiger partial charge in [0, 0.05) is 51.0 Å². The summed E-state index contributed by atoms with van der Waals surface area (Å²) in [5.74, 6) is 2.14. The van der Waals surface area contributed by atoms with Crippen molar-refractivity contribution in [2.45, 2.75) is 69.7 Å². The largest absolute Gasteiger partial charge is 0.343 e. The number of hydrogen-bond acceptors (Lipinski definition) is 5. The topological polar surface area (TPSA) is 91.6 Å². The summed E-state index contributed by atoms with van der Waals surface area (Å²) in [5, 5.41) is 7.00. The first-order valence-corrected chi connectivity index (χ1v) is 10.4. The summed E-state index contributed by atoms with van der Waals surface area (Å²) in [4.78, 5) is 32.7. The molecule has 4 rings (SSSR count). The summed E-state index contributed by atoms with van der Waals surface area (Å²) in [6.07, 6.45) is 8.57. The van der Waals surface area contributed by atoms with Crippen LogP contribution < -0.4 is 5.32 Å². The minimum absolute atomic E-state index is 0.0191. The van der Waals surface area contributed by atoms with Gasteiger partial charge in [0.15, 0.2) is 5.82 Å². The van der Waals surface area contributed by atoms with Crippen molar-refractivity contribution in [1.82, 2.24) is 25.3 Å². The van der Waals surface area contributed by atoms with Crippen molar-refractivity contribution in [3.05, 3.63) is 11.7 Å². The molecule has 1 atom stereocenters. The molecule has 0 unspecified atom stereocenters. The highest BCUT2D eigenvalue weighted by atomic mass is 16.5. The third-order valence-electron chi connectivity index (χ3n) is 5.83. The molecule has 3 amide bonds. The third kappa shape index (κ3) is 4.59. The van der Waals surface area contributed by atoms with Crippen molar-refractivity contribution >= 4 is 11.9 Å². The molecule has 2 aliphatic heterocycles. The molecule has 3 fully saturated rings. The maximum atomic E-state index is 12.7. The molecule has 3 heterocycles. The molecule has 1 aromatic heterocycles. The number of hydrogen-bond donors (Lipinski definition) is 1. The van der Waals surface area contributed by atoms with E-state index >= 15 is 0 Å². The number of nitrogens with zero attached hydrogens (tertiary/aromatic N) is 4. The van der Waals surface area contributed by atoms with Gasteiger partial charge in [0.25, 0.3) is 0 Å². The summed E-state index contributed by atoms with van der Waals surface area (Å²) >= 11 is 0. The van der Waals surface area contributed by atoms with Crippen molar-refractivity contribution in [3.63, 3.8) is 0 Å². The molecule has 8 nitrogen and oxygen atoms in total. The van der Waals surface area contributed by atoms with Gasteiger partial charge in [0.2, 0.25) is 11.8 Å². The lowest BCUT2D eigenvalue weighted by molar-refractivity contribution is -0.127. The highest BCUT2D eigenvalue weighted by molar-refractivity contribution is 5.78. The second-order valence-electron chi connectivity index (χ2n) is 7.92. The smallest absolute Gasteiger partial charge is 0.317 e. The van der Waals surface area contributed by atoms with Crippen LogP contribution in [0.15, 0.2) is 4.52 Å². The van der Waals surface area contributed by atoms with Gasteiger partial charge in [-0.25, -0.2) is 4.79 Å². The molecule has 148 valence electrons. The first-order valence-electron chi connectivity index (χ1n) is 10.4. The van der Waals surface area contributed by atoms with E-state index in [1.807, 2.05) is 9.80 Å². The number of aromatic nitrogens is 2. The number of piperidine rings is 1. The summed E-state index contributed by atoms with van der Waals surface area (Å²) in [5.41, 5.74) is 0. The summed E-state index contributed by atoms with van der Waals surface area (Å²) in [6, 6.07) is 0.200. The highest BCUT2D eigenvalue weighted by Crippen LogP contribution is 2.38. The average Bonchev–Trinajstić information content (AvgIpc) is 3.29. The number of urea groups is 1. The molecule has 27 heavy (non-hydrogen) atoms. The van der Waals surface area contributed by atoms with Crippen LogP contribution in [-0.2, 0) is 11.2 Å². The van der Waals surface area contributed by atoms with Crippen molar-refractivity contribution in [2.24, 2.45) is 0 Å². The van der Waals surface area contributed by atoms with Crippen LogP contribution in [0.3, 0.4) is 0 Å². The Morgan fingerprint density at radius 3 is 2.85 bits per heavy atom. The number of carbonyl (C=O) groups excluding carboxylic acids is 2. The van der Waals surface area contributed by atoms with Gasteiger partial charge in [-0.1, -0.05) is 5.16 Å². The van der Waals surface area contributed by atoms with E-state index in [2.05, 4.69) is 15.5 Å². The molecule has 1 saturated carbocycles. The molecule has 1 aliphatic carbocycles. The Bertz CT molecular complexity index is 672. The zero-order valence-electron chi connectivity index (χ0n) is 15.9. The van der Waals surface area contributed by atoms with Crippen LogP contribution >= 0.6 is 0 Å². The zero-order chi connectivity index (χ0) is 18.6. The van der Waals surface area contributed by atoms with E-state index in [0.29, 0.717) is 31.2 Å². The Morgan fingerprint density at radius 2 is 2.07 bits per heavy atom. The lowest BCUT2D eigenvalue weighted by Gasteiger charge is -2.36. The molecule has 0 radical (unpaired) electrons. The highest BCUT2D eigenvalue weighted by Gasteiger charge is 2.30. The third-order valence-corrected chi connectivity index (χ3v) is 5.83. The molecule has 3 aliphatic rings. The summed E-state index contributed by atoms with van der Waals surface area (Å²) in [7, 11) is 0. The van der Waals surface area contributed by atoms with Crippen molar-refractivity contribution in [2.75, 3.05) is 26.2 Å². The summed E-state index contributed by atoms with van der Waals surface area (Å²) in [6.45, 7) is 2.92. The number of rotatable bonds is 7. The van der Waals surface area contributed by atoms with E-state index in [0.717, 1.165) is 70.4 Å². The molecule has 1 N–H and O–H groups in total. The standard InChI is InChI=1S/C19H29N5O3/c25-17-5-3-11-23(17)13-9-15-4-1-2-12-24(15)19(26)20-10-8-16-21-18(22-27-16)14-6-7-14/h14-15H,1-13H2,(H,20,26)/t15-/m0/s1. The average molecular weight is 375 g/mol. The SMILES string of the molecule is O=C1CCCN1CC[C@@H]1CCCCN1C(=O)NCCc1nc(C2CC2)no1. The molecular formula is C19H29N5O3. The van der Waals surface area contributed by atoms with Crippen LogP contribution in [-0.4, -0.2) is 64.1 Å². The van der Waals surface area contributed by atoms with Gasteiger partial charge >= 0.3 is 6.03 Å². The monoisotopic (exact) mass is 375 g/mol. The van der Waals surface area contributed by atoms with Crippen LogP contribution in [0.1, 0.15) is 69.0 Å². The fraction of sp³-hybridized carbons (Fsp3) is 0.789. The van der Waals surface area contributed by atoms with Crippen LogP contribution in [0, 0.1) is 0 Å². The number of amides is 3. The van der Waals surface area contributed by atoms with Crippen LogP contribution in [0.25, 0.3) is 0 Å². The fourth-order valence-corrected chi connectivity index (χ4v) is 4.07. The van der Waals surface area contributed by atoms with E-state index in [1.165, 1.54) is 0 Å². The van der Waals surface area contributed by atoms with Gasteiger partial charge in [-0.15, -0.1) is 0 Å². The Morgan fingerprint density at radius 1 is 1.19 bits per heavy atom. The quantitative estimate of drug-likeness (QED) is 0.788. The second kappa shape index (κ2) is 8.27. The van der Waals surface area contributed by atoms with Crippen molar-refractivity contribution < 1.29 is 14.1 Å². The minimum Gasteiger partial charge on any atom is -0.343 e. The Balaban J connectivity index is 1.23. The van der Waals surface area contributed by atoms with Crippen LogP contribution in [0.5, 0.6) is 0 Å². The van der Waals surface area contributed by atoms with Gasteiger partial charge in [-0.2, -0.15) is 4.98 Å². The Hall–Kier alpha value is -2.12. The molecule has 2 saturated heterocycles. The molecule has 0 spiro atoms. The van der Waals surface area contributed by atoms with Gasteiger partial charge in [0.1, 0.15) is 0 Å². The van der Waals surface area contributed by atoms with Crippen molar-refractivity contribution in [1.29, 1.82) is 0 Å². The van der Waals surface area contributed by atoms with Crippen molar-refractivity contribution in [3.8, 4) is 0 Å².